The van der Waals surface area contributed by atoms with E-state index in [4.69, 9.17) is 9.15 Å². The minimum atomic E-state index is -0.387. The summed E-state index contributed by atoms with van der Waals surface area (Å²) >= 11 is 0. The Hall–Kier alpha value is -2.74. The molecule has 1 aromatic carbocycles. The van der Waals surface area contributed by atoms with E-state index in [0.717, 1.165) is 0 Å². The van der Waals surface area contributed by atoms with Gasteiger partial charge in [0.05, 0.1) is 19.3 Å². The van der Waals surface area contributed by atoms with E-state index in [-0.39, 0.29) is 29.5 Å². The summed E-state index contributed by atoms with van der Waals surface area (Å²) in [6.07, 6.45) is 1.55. The Bertz CT molecular complexity index is 907. The zero-order valence-corrected chi connectivity index (χ0v) is 12.0. The van der Waals surface area contributed by atoms with E-state index in [1.807, 2.05) is 0 Å². The molecule has 1 fully saturated rings. The normalized spacial score (nSPS) is 20.9. The van der Waals surface area contributed by atoms with Crippen molar-refractivity contribution in [1.29, 1.82) is 0 Å². The van der Waals surface area contributed by atoms with Crippen LogP contribution in [0.15, 0.2) is 45.7 Å². The van der Waals surface area contributed by atoms with Crippen LogP contribution >= 0.6 is 0 Å². The maximum atomic E-state index is 13.2. The molecule has 0 radical (unpaired) electrons. The number of oxazole rings is 1. The Labute approximate surface area is 129 Å². The highest BCUT2D eigenvalue weighted by Gasteiger charge is 2.32. The van der Waals surface area contributed by atoms with E-state index in [2.05, 4.69) is 15.4 Å². The molecule has 2 atom stereocenters. The van der Waals surface area contributed by atoms with Gasteiger partial charge in [0.2, 0.25) is 0 Å². The Morgan fingerprint density at radius 3 is 3.09 bits per heavy atom. The number of hydrogen-bond donors (Lipinski definition) is 1. The Morgan fingerprint density at radius 1 is 1.30 bits per heavy atom. The summed E-state index contributed by atoms with van der Waals surface area (Å²) in [7, 11) is 0. The number of anilines is 1. The van der Waals surface area contributed by atoms with Crippen LogP contribution in [0.3, 0.4) is 0 Å². The summed E-state index contributed by atoms with van der Waals surface area (Å²) < 4.78 is 25.5. The van der Waals surface area contributed by atoms with E-state index < -0.39 is 0 Å². The molecule has 3 heterocycles. The number of hydrogen-bond acceptors (Lipinski definition) is 6. The highest BCUT2D eigenvalue weighted by atomic mass is 19.1. The van der Waals surface area contributed by atoms with Gasteiger partial charge in [-0.05, 0) is 18.2 Å². The summed E-state index contributed by atoms with van der Waals surface area (Å²) in [5.74, 6) is -0.387. The van der Waals surface area contributed by atoms with Crippen molar-refractivity contribution < 1.29 is 13.5 Å². The van der Waals surface area contributed by atoms with Gasteiger partial charge in [0.15, 0.2) is 5.58 Å². The fourth-order valence-corrected chi connectivity index (χ4v) is 2.66. The largest absolute Gasteiger partial charge is 0.423 e. The molecule has 118 valence electrons. The van der Waals surface area contributed by atoms with Crippen LogP contribution in [0.2, 0.25) is 0 Å². The summed E-state index contributed by atoms with van der Waals surface area (Å²) in [6.45, 7) is 0.754. The van der Waals surface area contributed by atoms with Gasteiger partial charge in [0, 0.05) is 18.3 Å². The lowest BCUT2D eigenvalue weighted by Gasteiger charge is -2.18. The van der Waals surface area contributed by atoms with Crippen LogP contribution in [-0.2, 0) is 4.74 Å². The SMILES string of the molecule is O=c1cccnn1C1COCC1Nc1nc2ccc(F)cc2o1. The molecular weight excluding hydrogens is 303 g/mol. The summed E-state index contributed by atoms with van der Waals surface area (Å²) in [5, 5.41) is 7.19. The number of nitrogens with one attached hydrogen (secondary N) is 1. The Morgan fingerprint density at radius 2 is 2.22 bits per heavy atom. The second kappa shape index (κ2) is 5.47. The lowest BCUT2D eigenvalue weighted by molar-refractivity contribution is 0.182. The zero-order valence-electron chi connectivity index (χ0n) is 12.0. The number of halogens is 1. The molecule has 0 saturated carbocycles. The van der Waals surface area contributed by atoms with E-state index in [9.17, 15) is 9.18 Å². The van der Waals surface area contributed by atoms with Crippen LogP contribution in [-0.4, -0.2) is 34.0 Å². The molecule has 1 N–H and O–H groups in total. The summed E-state index contributed by atoms with van der Waals surface area (Å²) in [6, 6.07) is 6.96. The number of aromatic nitrogens is 3. The minimum absolute atomic E-state index is 0.200. The molecule has 0 aliphatic carbocycles. The first-order chi connectivity index (χ1) is 11.2. The smallest absolute Gasteiger partial charge is 0.296 e. The molecule has 1 aliphatic rings. The number of benzene rings is 1. The first-order valence-electron chi connectivity index (χ1n) is 7.15. The van der Waals surface area contributed by atoms with Crippen LogP contribution in [0.5, 0.6) is 0 Å². The molecule has 0 bridgehead atoms. The third-order valence-electron chi connectivity index (χ3n) is 3.77. The molecule has 2 unspecified atom stereocenters. The molecule has 0 amide bonds. The third-order valence-corrected chi connectivity index (χ3v) is 3.77. The number of ether oxygens (including phenoxy) is 1. The number of rotatable bonds is 3. The number of nitrogens with zero attached hydrogens (tertiary/aromatic N) is 3. The van der Waals surface area contributed by atoms with Crippen LogP contribution < -0.4 is 10.9 Å². The topological polar surface area (TPSA) is 82.2 Å². The van der Waals surface area contributed by atoms with Gasteiger partial charge in [-0.2, -0.15) is 10.1 Å². The van der Waals surface area contributed by atoms with Crippen LogP contribution in [0.4, 0.5) is 10.4 Å². The molecule has 0 spiro atoms. The lowest BCUT2D eigenvalue weighted by Crippen LogP contribution is -2.36. The quantitative estimate of drug-likeness (QED) is 0.790. The van der Waals surface area contributed by atoms with Crippen LogP contribution in [0.1, 0.15) is 6.04 Å². The van der Waals surface area contributed by atoms with Gasteiger partial charge in [0.25, 0.3) is 11.6 Å². The van der Waals surface area contributed by atoms with E-state index in [0.29, 0.717) is 24.3 Å². The maximum Gasteiger partial charge on any atom is 0.296 e. The fraction of sp³-hybridized carbons (Fsp3) is 0.267. The Balaban J connectivity index is 1.61. The van der Waals surface area contributed by atoms with Crippen LogP contribution in [0, 0.1) is 5.82 Å². The van der Waals surface area contributed by atoms with Crippen molar-refractivity contribution in [3.8, 4) is 0 Å². The third kappa shape index (κ3) is 2.57. The van der Waals surface area contributed by atoms with Gasteiger partial charge in [-0.3, -0.25) is 4.79 Å². The van der Waals surface area contributed by atoms with Crippen molar-refractivity contribution in [3.05, 3.63) is 52.7 Å². The summed E-state index contributed by atoms with van der Waals surface area (Å²) in [4.78, 5) is 16.2. The average Bonchev–Trinajstić information content (AvgIpc) is 3.14. The van der Waals surface area contributed by atoms with E-state index in [1.165, 1.54) is 22.9 Å². The molecule has 2 aromatic heterocycles. The van der Waals surface area contributed by atoms with Gasteiger partial charge in [-0.1, -0.05) is 0 Å². The van der Waals surface area contributed by atoms with Gasteiger partial charge < -0.3 is 14.5 Å². The molecule has 8 heteroatoms. The number of fused-ring (bicyclic) bond motifs is 1. The fourth-order valence-electron chi connectivity index (χ4n) is 2.66. The van der Waals surface area contributed by atoms with Crippen molar-refractivity contribution in [3.63, 3.8) is 0 Å². The molecule has 4 rings (SSSR count). The second-order valence-corrected chi connectivity index (χ2v) is 5.29. The predicted molar refractivity (Wildman–Crippen MR) is 79.7 cm³/mol. The van der Waals surface area contributed by atoms with Crippen molar-refractivity contribution in [2.24, 2.45) is 0 Å². The molecule has 1 saturated heterocycles. The van der Waals surface area contributed by atoms with Gasteiger partial charge in [0.1, 0.15) is 17.4 Å². The van der Waals surface area contributed by atoms with Crippen molar-refractivity contribution in [2.75, 3.05) is 18.5 Å². The first-order valence-corrected chi connectivity index (χ1v) is 7.15. The van der Waals surface area contributed by atoms with Gasteiger partial charge in [-0.25, -0.2) is 9.07 Å². The average molecular weight is 316 g/mol. The zero-order chi connectivity index (χ0) is 15.8. The summed E-state index contributed by atoms with van der Waals surface area (Å²) in [5.41, 5.74) is 0.715. The van der Waals surface area contributed by atoms with E-state index >= 15 is 0 Å². The maximum absolute atomic E-state index is 13.2. The molecule has 1 aliphatic heterocycles. The predicted octanol–water partition coefficient (Wildman–Crippen LogP) is 1.58. The van der Waals surface area contributed by atoms with Gasteiger partial charge in [-0.15, -0.1) is 0 Å². The van der Waals surface area contributed by atoms with Crippen LogP contribution in [0.25, 0.3) is 11.1 Å². The second-order valence-electron chi connectivity index (χ2n) is 5.29. The van der Waals surface area contributed by atoms with E-state index in [1.54, 1.807) is 18.3 Å². The minimum Gasteiger partial charge on any atom is -0.423 e. The highest BCUT2D eigenvalue weighted by molar-refractivity contribution is 5.74. The molecule has 3 aromatic rings. The monoisotopic (exact) mass is 316 g/mol. The van der Waals surface area contributed by atoms with Crippen molar-refractivity contribution in [1.82, 2.24) is 14.8 Å². The Kier molecular flexibility index (Phi) is 3.30. The van der Waals surface area contributed by atoms with Crippen molar-refractivity contribution in [2.45, 2.75) is 12.1 Å². The molecule has 7 nitrogen and oxygen atoms in total. The standard InChI is InChI=1S/C15H13FN4O3/c16-9-3-4-10-13(6-9)23-15(18-10)19-11-7-22-8-12(11)20-14(21)2-1-5-17-20/h1-6,11-12H,7-8H2,(H,18,19). The molecular formula is C15H13FN4O3. The molecule has 23 heavy (non-hydrogen) atoms. The van der Waals surface area contributed by atoms with Crippen molar-refractivity contribution >= 4 is 17.1 Å². The first kappa shape index (κ1) is 13.9. The highest BCUT2D eigenvalue weighted by Crippen LogP contribution is 2.24. The van der Waals surface area contributed by atoms with Gasteiger partial charge >= 0.3 is 0 Å². The lowest BCUT2D eigenvalue weighted by atomic mass is 10.2.